The van der Waals surface area contributed by atoms with Gasteiger partial charge >= 0.3 is 5.69 Å². The summed E-state index contributed by atoms with van der Waals surface area (Å²) < 4.78 is 5.43. The van der Waals surface area contributed by atoms with Crippen LogP contribution in [0.25, 0.3) is 0 Å². The van der Waals surface area contributed by atoms with Crippen LogP contribution in [0.3, 0.4) is 0 Å². The van der Waals surface area contributed by atoms with E-state index in [0.29, 0.717) is 32.1 Å². The van der Waals surface area contributed by atoms with Gasteiger partial charge in [0.25, 0.3) is 0 Å². The maximum atomic E-state index is 11.0. The van der Waals surface area contributed by atoms with E-state index in [1.165, 1.54) is 6.07 Å². The van der Waals surface area contributed by atoms with Crippen molar-refractivity contribution >= 4 is 17.3 Å². The van der Waals surface area contributed by atoms with Crippen molar-refractivity contribution in [2.45, 2.75) is 6.92 Å². The topological polar surface area (TPSA) is 92.6 Å². The zero-order valence-corrected chi connectivity index (χ0v) is 12.8. The summed E-state index contributed by atoms with van der Waals surface area (Å²) in [6, 6.07) is 3.04. The number of anilines is 2. The van der Waals surface area contributed by atoms with Crippen LogP contribution in [0.4, 0.5) is 17.3 Å². The number of pyridine rings is 1. The molecule has 0 atom stereocenters. The van der Waals surface area contributed by atoms with E-state index >= 15 is 0 Å². The molecule has 1 aromatic rings. The summed E-state index contributed by atoms with van der Waals surface area (Å²) in [6.07, 6.45) is 0. The summed E-state index contributed by atoms with van der Waals surface area (Å²) in [5.74, 6) is 0.869. The van der Waals surface area contributed by atoms with Gasteiger partial charge in [0.15, 0.2) is 0 Å². The van der Waals surface area contributed by atoms with Crippen LogP contribution >= 0.6 is 0 Å². The zero-order valence-electron chi connectivity index (χ0n) is 12.8. The molecule has 0 fully saturated rings. The van der Waals surface area contributed by atoms with E-state index in [2.05, 4.69) is 15.6 Å². The number of hydrogen-bond acceptors (Lipinski definition) is 7. The molecule has 8 nitrogen and oxygen atoms in total. The summed E-state index contributed by atoms with van der Waals surface area (Å²) in [6.45, 7) is 5.05. The number of ether oxygens (including phenoxy) is 1. The van der Waals surface area contributed by atoms with Gasteiger partial charge in [-0.15, -0.1) is 0 Å². The highest BCUT2D eigenvalue weighted by Crippen LogP contribution is 2.23. The van der Waals surface area contributed by atoms with Crippen molar-refractivity contribution < 1.29 is 9.66 Å². The Labute approximate surface area is 124 Å². The number of nitro groups is 1. The lowest BCUT2D eigenvalue weighted by molar-refractivity contribution is -0.384. The molecule has 0 radical (unpaired) electrons. The third kappa shape index (κ3) is 6.37. The van der Waals surface area contributed by atoms with E-state index in [-0.39, 0.29) is 11.5 Å². The van der Waals surface area contributed by atoms with Crippen molar-refractivity contribution in [1.82, 2.24) is 9.88 Å². The van der Waals surface area contributed by atoms with Gasteiger partial charge in [0.2, 0.25) is 5.82 Å². The normalized spacial score (nSPS) is 10.7. The second-order valence-electron chi connectivity index (χ2n) is 4.69. The minimum absolute atomic E-state index is 0.0371. The number of hydrogen-bond donors (Lipinski definition) is 2. The van der Waals surface area contributed by atoms with Crippen molar-refractivity contribution in [3.8, 4) is 0 Å². The second kappa shape index (κ2) is 9.09. The Bertz CT molecular complexity index is 453. The van der Waals surface area contributed by atoms with Gasteiger partial charge in [0, 0.05) is 25.7 Å². The molecule has 21 heavy (non-hydrogen) atoms. The fourth-order valence-electron chi connectivity index (χ4n) is 1.60. The van der Waals surface area contributed by atoms with E-state index < -0.39 is 4.92 Å². The summed E-state index contributed by atoms with van der Waals surface area (Å²) in [7, 11) is 3.95. The number of aromatic nitrogens is 1. The number of likely N-dealkylation sites (N-methyl/N-ethyl adjacent to an activating group) is 1. The van der Waals surface area contributed by atoms with Gasteiger partial charge in [-0.3, -0.25) is 10.1 Å². The molecule has 0 unspecified atom stereocenters. The minimum atomic E-state index is -0.446. The fraction of sp³-hybridized carbons (Fsp3) is 0.615. The van der Waals surface area contributed by atoms with Gasteiger partial charge in [0.1, 0.15) is 5.82 Å². The maximum Gasteiger partial charge on any atom is 0.311 e. The lowest BCUT2D eigenvalue weighted by atomic mass is 10.3. The summed E-state index contributed by atoms with van der Waals surface area (Å²) in [4.78, 5) is 16.8. The molecule has 0 saturated heterocycles. The first-order valence-corrected chi connectivity index (χ1v) is 6.90. The van der Waals surface area contributed by atoms with Gasteiger partial charge < -0.3 is 20.3 Å². The SMILES string of the molecule is CCNc1ccc([N+](=O)[O-])c(NCCOCCN(C)C)n1. The molecule has 0 aliphatic carbocycles. The highest BCUT2D eigenvalue weighted by Gasteiger charge is 2.15. The molecular weight excluding hydrogens is 274 g/mol. The molecule has 0 bridgehead atoms. The molecule has 0 aromatic carbocycles. The van der Waals surface area contributed by atoms with Gasteiger partial charge in [0.05, 0.1) is 18.1 Å². The van der Waals surface area contributed by atoms with Crippen LogP contribution in [0.1, 0.15) is 6.92 Å². The molecule has 118 valence electrons. The molecule has 2 N–H and O–H groups in total. The van der Waals surface area contributed by atoms with E-state index in [4.69, 9.17) is 4.74 Å². The Kier molecular flexibility index (Phi) is 7.41. The molecular formula is C13H23N5O3. The molecule has 0 saturated carbocycles. The first kappa shape index (κ1) is 17.1. The van der Waals surface area contributed by atoms with Crippen LogP contribution in [-0.4, -0.2) is 61.8 Å². The second-order valence-corrected chi connectivity index (χ2v) is 4.69. The fourth-order valence-corrected chi connectivity index (χ4v) is 1.60. The highest BCUT2D eigenvalue weighted by atomic mass is 16.6. The predicted octanol–water partition coefficient (Wildman–Crippen LogP) is 1.41. The van der Waals surface area contributed by atoms with Crippen LogP contribution in [-0.2, 0) is 4.74 Å². The first-order valence-electron chi connectivity index (χ1n) is 6.90. The molecule has 1 rings (SSSR count). The van der Waals surface area contributed by atoms with Crippen molar-refractivity contribution in [1.29, 1.82) is 0 Å². The van der Waals surface area contributed by atoms with Crippen LogP contribution < -0.4 is 10.6 Å². The van der Waals surface area contributed by atoms with Crippen molar-refractivity contribution in [2.75, 3.05) is 57.6 Å². The average Bonchev–Trinajstić information content (AvgIpc) is 2.42. The van der Waals surface area contributed by atoms with Crippen molar-refractivity contribution in [3.63, 3.8) is 0 Å². The van der Waals surface area contributed by atoms with Gasteiger partial charge in [-0.25, -0.2) is 4.98 Å². The van der Waals surface area contributed by atoms with E-state index in [9.17, 15) is 10.1 Å². The van der Waals surface area contributed by atoms with Crippen molar-refractivity contribution in [2.24, 2.45) is 0 Å². The van der Waals surface area contributed by atoms with Gasteiger partial charge in [-0.1, -0.05) is 0 Å². The van der Waals surface area contributed by atoms with E-state index in [1.54, 1.807) is 6.07 Å². The lowest BCUT2D eigenvalue weighted by Gasteiger charge is -2.11. The molecule has 0 aliphatic rings. The standard InChI is InChI=1S/C13H23N5O3/c1-4-14-12-6-5-11(18(19)20)13(16-12)15-7-9-21-10-8-17(2)3/h5-6H,4,7-10H2,1-3H3,(H2,14,15,16). The number of rotatable bonds is 10. The lowest BCUT2D eigenvalue weighted by Crippen LogP contribution is -2.20. The number of nitrogens with zero attached hydrogens (tertiary/aromatic N) is 3. The molecule has 1 heterocycles. The van der Waals surface area contributed by atoms with Crippen molar-refractivity contribution in [3.05, 3.63) is 22.2 Å². The molecule has 0 aliphatic heterocycles. The Morgan fingerprint density at radius 2 is 2.10 bits per heavy atom. The smallest absolute Gasteiger partial charge is 0.311 e. The van der Waals surface area contributed by atoms with Crippen LogP contribution in [0.5, 0.6) is 0 Å². The van der Waals surface area contributed by atoms with Crippen LogP contribution in [0.2, 0.25) is 0 Å². The Morgan fingerprint density at radius 3 is 2.71 bits per heavy atom. The quantitative estimate of drug-likeness (QED) is 0.383. The van der Waals surface area contributed by atoms with Gasteiger partial charge in [-0.2, -0.15) is 0 Å². The third-order valence-electron chi connectivity index (χ3n) is 2.65. The predicted molar refractivity (Wildman–Crippen MR) is 82.9 cm³/mol. The Hall–Kier alpha value is -1.93. The Morgan fingerprint density at radius 1 is 1.33 bits per heavy atom. The zero-order chi connectivity index (χ0) is 15.7. The largest absolute Gasteiger partial charge is 0.378 e. The molecule has 0 spiro atoms. The summed E-state index contributed by atoms with van der Waals surface area (Å²) in [5, 5.41) is 16.9. The maximum absolute atomic E-state index is 11.0. The van der Waals surface area contributed by atoms with E-state index in [1.807, 2.05) is 25.9 Å². The van der Waals surface area contributed by atoms with E-state index in [0.717, 1.165) is 6.54 Å². The number of nitrogens with one attached hydrogen (secondary N) is 2. The third-order valence-corrected chi connectivity index (χ3v) is 2.65. The summed E-state index contributed by atoms with van der Waals surface area (Å²) in [5.41, 5.74) is -0.0371. The first-order chi connectivity index (χ1) is 10.0. The monoisotopic (exact) mass is 297 g/mol. The summed E-state index contributed by atoms with van der Waals surface area (Å²) >= 11 is 0. The van der Waals surface area contributed by atoms with Gasteiger partial charge in [-0.05, 0) is 27.1 Å². The molecule has 8 heteroatoms. The minimum Gasteiger partial charge on any atom is -0.378 e. The highest BCUT2D eigenvalue weighted by molar-refractivity contribution is 5.60. The Balaban J connectivity index is 2.51. The van der Waals surface area contributed by atoms with Crippen LogP contribution in [0, 0.1) is 10.1 Å². The average molecular weight is 297 g/mol. The molecule has 0 amide bonds. The van der Waals surface area contributed by atoms with Crippen LogP contribution in [0.15, 0.2) is 12.1 Å². The molecule has 1 aromatic heterocycles.